The molecule has 1 aromatic heterocycles. The molecule has 0 bridgehead atoms. The van der Waals surface area contributed by atoms with Crippen LogP contribution < -0.4 is 0 Å². The van der Waals surface area contributed by atoms with Gasteiger partial charge in [0.25, 0.3) is 5.91 Å². The molecule has 1 aliphatic rings. The Morgan fingerprint density at radius 3 is 2.83 bits per heavy atom. The molecule has 2 aromatic rings. The average molecular weight is 347 g/mol. The van der Waals surface area contributed by atoms with Gasteiger partial charge in [-0.05, 0) is 54.8 Å². The van der Waals surface area contributed by atoms with E-state index in [1.807, 2.05) is 29.3 Å². The Balaban J connectivity index is 1.81. The number of nitrogens with zero attached hydrogens (tertiary/aromatic N) is 1. The largest absolute Gasteiger partial charge is 0.396 e. The van der Waals surface area contributed by atoms with Gasteiger partial charge in [0.1, 0.15) is 5.82 Å². The summed E-state index contributed by atoms with van der Waals surface area (Å²) in [6, 6.07) is 8.63. The quantitative estimate of drug-likeness (QED) is 0.917. The number of likely N-dealkylation sites (tertiary alicyclic amines) is 1. The number of benzene rings is 1. The van der Waals surface area contributed by atoms with Gasteiger partial charge in [0.2, 0.25) is 0 Å². The van der Waals surface area contributed by atoms with E-state index in [1.165, 1.54) is 17.4 Å². The number of carbonyl (C=O) groups excluding carboxylic acids is 1. The van der Waals surface area contributed by atoms with E-state index in [4.69, 9.17) is 0 Å². The van der Waals surface area contributed by atoms with Crippen LogP contribution in [0.15, 0.2) is 35.7 Å². The maximum atomic E-state index is 14.0. The number of hydrogen-bond donors (Lipinski definition) is 1. The summed E-state index contributed by atoms with van der Waals surface area (Å²) >= 11 is 1.45. The van der Waals surface area contributed by atoms with Crippen LogP contribution >= 0.6 is 11.3 Å². The SMILES string of the molecule is Cc1ccsc1C(=O)N1CCC[C@@](CO)(Cc2ccccc2F)C1. The summed E-state index contributed by atoms with van der Waals surface area (Å²) in [7, 11) is 0. The number of aliphatic hydroxyl groups is 1. The van der Waals surface area contributed by atoms with Crippen LogP contribution in [0, 0.1) is 18.2 Å². The van der Waals surface area contributed by atoms with Crippen molar-refractivity contribution in [3.05, 3.63) is 57.5 Å². The second-order valence-corrected chi connectivity index (χ2v) is 7.61. The van der Waals surface area contributed by atoms with Crippen LogP contribution in [-0.4, -0.2) is 35.6 Å². The van der Waals surface area contributed by atoms with Gasteiger partial charge in [0, 0.05) is 18.5 Å². The molecule has 128 valence electrons. The third-order valence-electron chi connectivity index (χ3n) is 4.86. The van der Waals surface area contributed by atoms with Crippen LogP contribution in [0.5, 0.6) is 0 Å². The zero-order chi connectivity index (χ0) is 17.2. The first-order valence-corrected chi connectivity index (χ1v) is 9.10. The van der Waals surface area contributed by atoms with Crippen molar-refractivity contribution in [2.75, 3.05) is 19.7 Å². The van der Waals surface area contributed by atoms with Crippen LogP contribution in [0.3, 0.4) is 0 Å². The molecule has 1 amide bonds. The molecule has 1 atom stereocenters. The lowest BCUT2D eigenvalue weighted by atomic mass is 9.75. The lowest BCUT2D eigenvalue weighted by molar-refractivity contribution is 0.0271. The van der Waals surface area contributed by atoms with Crippen LogP contribution in [0.4, 0.5) is 4.39 Å². The zero-order valence-corrected chi connectivity index (χ0v) is 14.6. The van der Waals surface area contributed by atoms with Gasteiger partial charge in [0.05, 0.1) is 11.5 Å². The molecular formula is C19H22FNO2S. The lowest BCUT2D eigenvalue weighted by Gasteiger charge is -2.42. The summed E-state index contributed by atoms with van der Waals surface area (Å²) in [5.74, 6) is -0.226. The highest BCUT2D eigenvalue weighted by Crippen LogP contribution is 2.35. The van der Waals surface area contributed by atoms with Gasteiger partial charge in [-0.1, -0.05) is 18.2 Å². The minimum Gasteiger partial charge on any atom is -0.396 e. The number of aryl methyl sites for hydroxylation is 1. The Kier molecular flexibility index (Phi) is 5.01. The van der Waals surface area contributed by atoms with Gasteiger partial charge in [-0.25, -0.2) is 4.39 Å². The minimum atomic E-state index is -0.471. The topological polar surface area (TPSA) is 40.5 Å². The Morgan fingerprint density at radius 2 is 2.17 bits per heavy atom. The van der Waals surface area contributed by atoms with E-state index >= 15 is 0 Å². The number of piperidine rings is 1. The molecule has 24 heavy (non-hydrogen) atoms. The Bertz CT molecular complexity index is 730. The second kappa shape index (κ2) is 7.03. The maximum Gasteiger partial charge on any atom is 0.264 e. The summed E-state index contributed by atoms with van der Waals surface area (Å²) < 4.78 is 14.0. The van der Waals surface area contributed by atoms with Gasteiger partial charge in [0.15, 0.2) is 0 Å². The molecule has 0 unspecified atom stereocenters. The van der Waals surface area contributed by atoms with Crippen LogP contribution in [0.1, 0.15) is 33.6 Å². The van der Waals surface area contributed by atoms with Gasteiger partial charge in [-0.2, -0.15) is 0 Å². The van der Waals surface area contributed by atoms with Crippen molar-refractivity contribution < 1.29 is 14.3 Å². The Morgan fingerprint density at radius 1 is 1.38 bits per heavy atom. The number of halogens is 1. The first-order valence-electron chi connectivity index (χ1n) is 8.22. The maximum absolute atomic E-state index is 14.0. The highest BCUT2D eigenvalue weighted by atomic mass is 32.1. The molecule has 0 radical (unpaired) electrons. The van der Waals surface area contributed by atoms with Crippen LogP contribution in [-0.2, 0) is 6.42 Å². The molecule has 1 saturated heterocycles. The van der Waals surface area contributed by atoms with Gasteiger partial charge in [-0.15, -0.1) is 11.3 Å². The molecule has 0 aliphatic carbocycles. The minimum absolute atomic E-state index is 0.0218. The summed E-state index contributed by atoms with van der Waals surface area (Å²) in [5.41, 5.74) is 1.12. The van der Waals surface area contributed by atoms with E-state index in [2.05, 4.69) is 0 Å². The van der Waals surface area contributed by atoms with E-state index in [0.717, 1.165) is 23.3 Å². The van der Waals surface area contributed by atoms with Crippen molar-refractivity contribution in [3.8, 4) is 0 Å². The van der Waals surface area contributed by atoms with Gasteiger partial charge in [-0.3, -0.25) is 4.79 Å². The predicted molar refractivity (Wildman–Crippen MR) is 93.8 cm³/mol. The smallest absolute Gasteiger partial charge is 0.264 e. The molecular weight excluding hydrogens is 325 g/mol. The molecule has 1 N–H and O–H groups in total. The zero-order valence-electron chi connectivity index (χ0n) is 13.8. The van der Waals surface area contributed by atoms with Crippen molar-refractivity contribution in [2.24, 2.45) is 5.41 Å². The summed E-state index contributed by atoms with van der Waals surface area (Å²) in [6.45, 7) is 3.05. The first-order chi connectivity index (χ1) is 11.5. The van der Waals surface area contributed by atoms with E-state index in [-0.39, 0.29) is 18.3 Å². The summed E-state index contributed by atoms with van der Waals surface area (Å²) in [5, 5.41) is 11.9. The number of thiophene rings is 1. The average Bonchev–Trinajstić information content (AvgIpc) is 3.02. The molecule has 2 heterocycles. The van der Waals surface area contributed by atoms with E-state index in [0.29, 0.717) is 25.1 Å². The van der Waals surface area contributed by atoms with E-state index < -0.39 is 5.41 Å². The van der Waals surface area contributed by atoms with E-state index in [1.54, 1.807) is 12.1 Å². The highest BCUT2D eigenvalue weighted by molar-refractivity contribution is 7.12. The fourth-order valence-electron chi connectivity index (χ4n) is 3.49. The first kappa shape index (κ1) is 17.1. The van der Waals surface area contributed by atoms with E-state index in [9.17, 15) is 14.3 Å². The Hall–Kier alpha value is -1.72. The number of carbonyl (C=O) groups is 1. The third-order valence-corrected chi connectivity index (χ3v) is 5.87. The van der Waals surface area contributed by atoms with Gasteiger partial charge >= 0.3 is 0 Å². The number of aliphatic hydroxyl groups excluding tert-OH is 1. The fraction of sp³-hybridized carbons (Fsp3) is 0.421. The molecule has 3 nitrogen and oxygen atoms in total. The molecule has 1 fully saturated rings. The normalized spacial score (nSPS) is 21.0. The second-order valence-electron chi connectivity index (χ2n) is 6.69. The van der Waals surface area contributed by atoms with Crippen molar-refractivity contribution in [2.45, 2.75) is 26.2 Å². The summed E-state index contributed by atoms with van der Waals surface area (Å²) in [4.78, 5) is 15.4. The van der Waals surface area contributed by atoms with Crippen molar-refractivity contribution in [1.29, 1.82) is 0 Å². The lowest BCUT2D eigenvalue weighted by Crippen LogP contribution is -2.49. The van der Waals surface area contributed by atoms with Crippen LogP contribution in [0.2, 0.25) is 0 Å². The predicted octanol–water partition coefficient (Wildman–Crippen LogP) is 3.65. The number of rotatable bonds is 4. The van der Waals surface area contributed by atoms with Gasteiger partial charge < -0.3 is 10.0 Å². The third kappa shape index (κ3) is 3.37. The number of amides is 1. The highest BCUT2D eigenvalue weighted by Gasteiger charge is 2.38. The number of hydrogen-bond acceptors (Lipinski definition) is 3. The molecule has 3 rings (SSSR count). The molecule has 5 heteroatoms. The Labute approximate surface area is 145 Å². The monoisotopic (exact) mass is 347 g/mol. The molecule has 1 aliphatic heterocycles. The van der Waals surface area contributed by atoms with Crippen molar-refractivity contribution >= 4 is 17.2 Å². The summed E-state index contributed by atoms with van der Waals surface area (Å²) in [6.07, 6.45) is 2.07. The molecule has 0 spiro atoms. The van der Waals surface area contributed by atoms with Crippen molar-refractivity contribution in [3.63, 3.8) is 0 Å². The standard InChI is InChI=1S/C19H22FNO2S/c1-14-7-10-24-17(14)18(23)21-9-4-8-19(12-21,13-22)11-15-5-2-3-6-16(15)20/h2-3,5-7,10,22H,4,8-9,11-13H2,1H3/t19-/m1/s1. The fourth-order valence-corrected chi connectivity index (χ4v) is 4.38. The molecule has 1 aromatic carbocycles. The molecule has 0 saturated carbocycles. The van der Waals surface area contributed by atoms with Crippen LogP contribution in [0.25, 0.3) is 0 Å². The van der Waals surface area contributed by atoms with Crippen molar-refractivity contribution in [1.82, 2.24) is 4.90 Å².